The van der Waals surface area contributed by atoms with Gasteiger partial charge >= 0.3 is 12.3 Å². The van der Waals surface area contributed by atoms with E-state index in [1.165, 1.54) is 18.0 Å². The van der Waals surface area contributed by atoms with E-state index in [0.717, 1.165) is 0 Å². The Kier molecular flexibility index (Phi) is 8.21. The topological polar surface area (TPSA) is 159 Å². The van der Waals surface area contributed by atoms with E-state index in [1.54, 1.807) is 13.8 Å². The molecule has 0 aliphatic carbocycles. The van der Waals surface area contributed by atoms with Crippen molar-refractivity contribution in [3.63, 3.8) is 0 Å². The van der Waals surface area contributed by atoms with E-state index in [1.807, 2.05) is 0 Å². The fourth-order valence-corrected chi connectivity index (χ4v) is 2.17. The SMILES string of the molecule is CCOC(=O)OCCCOC(OC(=O)OCC)n1cnc2c(OC)nc(N)nc21. The summed E-state index contributed by atoms with van der Waals surface area (Å²) >= 11 is 0. The molecular formula is C16H23N5O8. The van der Waals surface area contributed by atoms with Gasteiger partial charge in [-0.25, -0.2) is 14.6 Å². The van der Waals surface area contributed by atoms with Crippen LogP contribution >= 0.6 is 0 Å². The summed E-state index contributed by atoms with van der Waals surface area (Å²) in [6.45, 7) is 3.76. The molecule has 2 aromatic heterocycles. The van der Waals surface area contributed by atoms with Gasteiger partial charge in [0.1, 0.15) is 6.33 Å². The summed E-state index contributed by atoms with van der Waals surface area (Å²) in [5, 5.41) is 0. The molecule has 1 unspecified atom stereocenters. The van der Waals surface area contributed by atoms with Crippen molar-refractivity contribution in [2.45, 2.75) is 26.7 Å². The van der Waals surface area contributed by atoms with Crippen molar-refractivity contribution in [2.24, 2.45) is 0 Å². The zero-order valence-corrected chi connectivity index (χ0v) is 16.3. The molecule has 0 aliphatic heterocycles. The van der Waals surface area contributed by atoms with Gasteiger partial charge in [0.2, 0.25) is 11.8 Å². The van der Waals surface area contributed by atoms with E-state index in [0.29, 0.717) is 11.9 Å². The highest BCUT2D eigenvalue weighted by Gasteiger charge is 2.23. The second-order valence-electron chi connectivity index (χ2n) is 5.28. The second-order valence-corrected chi connectivity index (χ2v) is 5.28. The Balaban J connectivity index is 2.12. The lowest BCUT2D eigenvalue weighted by Gasteiger charge is -2.19. The minimum atomic E-state index is -1.26. The summed E-state index contributed by atoms with van der Waals surface area (Å²) in [7, 11) is 1.41. The molecule has 2 heterocycles. The highest BCUT2D eigenvalue weighted by atomic mass is 16.8. The lowest BCUT2D eigenvalue weighted by atomic mass is 10.5. The fraction of sp³-hybridized carbons (Fsp3) is 0.562. The molecule has 1 atom stereocenters. The third-order valence-electron chi connectivity index (χ3n) is 3.32. The minimum absolute atomic E-state index is 0.0541. The number of anilines is 1. The number of carbonyl (C=O) groups is 2. The standard InChI is InChI=1S/C16H23N5O8/c1-4-25-15(22)28-8-6-7-27-14(29-16(23)26-5-2)21-9-18-10-11(21)19-13(17)20-12(10)24-3/h9,14H,4-8H2,1-3H3,(H2,17,19,20). The second kappa shape index (κ2) is 10.8. The van der Waals surface area contributed by atoms with Gasteiger partial charge in [-0.1, -0.05) is 0 Å². The number of hydrogen-bond donors (Lipinski definition) is 1. The Morgan fingerprint density at radius 1 is 1.10 bits per heavy atom. The van der Waals surface area contributed by atoms with Crippen LogP contribution in [0.5, 0.6) is 5.88 Å². The van der Waals surface area contributed by atoms with Gasteiger partial charge in [0.25, 0.3) is 6.41 Å². The molecule has 0 fully saturated rings. The van der Waals surface area contributed by atoms with Crippen LogP contribution in [0.1, 0.15) is 26.7 Å². The predicted octanol–water partition coefficient (Wildman–Crippen LogP) is 1.63. The number of methoxy groups -OCH3 is 1. The van der Waals surface area contributed by atoms with Crippen molar-refractivity contribution in [2.75, 3.05) is 39.3 Å². The van der Waals surface area contributed by atoms with Crippen molar-refractivity contribution in [3.8, 4) is 5.88 Å². The van der Waals surface area contributed by atoms with Gasteiger partial charge in [-0.15, -0.1) is 0 Å². The normalized spacial score (nSPS) is 11.7. The van der Waals surface area contributed by atoms with Crippen molar-refractivity contribution in [1.29, 1.82) is 0 Å². The van der Waals surface area contributed by atoms with Gasteiger partial charge in [-0.3, -0.25) is 4.57 Å². The summed E-state index contributed by atoms with van der Waals surface area (Å²) in [5.41, 5.74) is 6.22. The van der Waals surface area contributed by atoms with Crippen LogP contribution in [0.3, 0.4) is 0 Å². The molecule has 0 amide bonds. The lowest BCUT2D eigenvalue weighted by Crippen LogP contribution is -2.22. The van der Waals surface area contributed by atoms with E-state index < -0.39 is 18.7 Å². The molecule has 29 heavy (non-hydrogen) atoms. The summed E-state index contributed by atoms with van der Waals surface area (Å²) in [6.07, 6.45) is -1.34. The van der Waals surface area contributed by atoms with Gasteiger partial charge in [0, 0.05) is 6.42 Å². The Morgan fingerprint density at radius 2 is 1.83 bits per heavy atom. The summed E-state index contributed by atoms with van der Waals surface area (Å²) < 4.78 is 31.5. The van der Waals surface area contributed by atoms with E-state index in [-0.39, 0.29) is 43.9 Å². The Bertz CT molecular complexity index is 827. The summed E-state index contributed by atoms with van der Waals surface area (Å²) in [4.78, 5) is 35.1. The third kappa shape index (κ3) is 6.07. The number of ether oxygens (including phenoxy) is 6. The van der Waals surface area contributed by atoms with E-state index in [9.17, 15) is 9.59 Å². The molecule has 13 heteroatoms. The van der Waals surface area contributed by atoms with Gasteiger partial charge in [-0.2, -0.15) is 9.97 Å². The average Bonchev–Trinajstić information content (AvgIpc) is 3.10. The average molecular weight is 413 g/mol. The summed E-state index contributed by atoms with van der Waals surface area (Å²) in [6, 6.07) is 0. The van der Waals surface area contributed by atoms with Crippen molar-refractivity contribution < 1.29 is 38.0 Å². The number of aromatic nitrogens is 4. The lowest BCUT2D eigenvalue weighted by molar-refractivity contribution is -0.168. The van der Waals surface area contributed by atoms with Crippen LogP contribution in [0.2, 0.25) is 0 Å². The number of carbonyl (C=O) groups excluding carboxylic acids is 2. The van der Waals surface area contributed by atoms with Crippen molar-refractivity contribution in [3.05, 3.63) is 6.33 Å². The number of rotatable bonds is 10. The first-order chi connectivity index (χ1) is 14.0. The van der Waals surface area contributed by atoms with Crippen LogP contribution < -0.4 is 10.5 Å². The van der Waals surface area contributed by atoms with Gasteiger partial charge < -0.3 is 34.2 Å². The van der Waals surface area contributed by atoms with E-state index in [2.05, 4.69) is 19.7 Å². The minimum Gasteiger partial charge on any atom is -0.479 e. The Morgan fingerprint density at radius 3 is 2.52 bits per heavy atom. The first-order valence-corrected chi connectivity index (χ1v) is 8.78. The first-order valence-electron chi connectivity index (χ1n) is 8.78. The molecule has 2 rings (SSSR count). The molecular weight excluding hydrogens is 390 g/mol. The monoisotopic (exact) mass is 413 g/mol. The molecule has 0 saturated heterocycles. The van der Waals surface area contributed by atoms with Gasteiger partial charge in [0.15, 0.2) is 11.2 Å². The van der Waals surface area contributed by atoms with Crippen LogP contribution in [0.25, 0.3) is 11.2 Å². The molecule has 2 aromatic rings. The smallest absolute Gasteiger partial charge is 0.479 e. The van der Waals surface area contributed by atoms with Crippen LogP contribution in [0, 0.1) is 0 Å². The summed E-state index contributed by atoms with van der Waals surface area (Å²) in [5.74, 6) is 0.0952. The largest absolute Gasteiger partial charge is 0.511 e. The molecule has 0 aromatic carbocycles. The van der Waals surface area contributed by atoms with Crippen molar-refractivity contribution in [1.82, 2.24) is 19.5 Å². The highest BCUT2D eigenvalue weighted by Crippen LogP contribution is 2.25. The van der Waals surface area contributed by atoms with Crippen LogP contribution in [0.15, 0.2) is 6.33 Å². The van der Waals surface area contributed by atoms with Gasteiger partial charge in [0.05, 0.1) is 33.5 Å². The predicted molar refractivity (Wildman–Crippen MR) is 97.0 cm³/mol. The maximum atomic E-state index is 11.8. The van der Waals surface area contributed by atoms with Crippen LogP contribution in [-0.2, 0) is 23.7 Å². The number of hydrogen-bond acceptors (Lipinski definition) is 12. The molecule has 2 N–H and O–H groups in total. The first kappa shape index (κ1) is 21.9. The maximum absolute atomic E-state index is 11.8. The number of imidazole rings is 1. The Hall–Kier alpha value is -3.35. The molecule has 0 aliphatic rings. The maximum Gasteiger partial charge on any atom is 0.511 e. The van der Waals surface area contributed by atoms with Crippen molar-refractivity contribution >= 4 is 29.4 Å². The van der Waals surface area contributed by atoms with Gasteiger partial charge in [-0.05, 0) is 13.8 Å². The number of nitrogens with two attached hydrogens (primary N) is 1. The van der Waals surface area contributed by atoms with Crippen LogP contribution in [-0.4, -0.2) is 65.4 Å². The highest BCUT2D eigenvalue weighted by molar-refractivity contribution is 5.77. The Labute approximate surface area is 166 Å². The number of fused-ring (bicyclic) bond motifs is 1. The quantitative estimate of drug-likeness (QED) is 0.341. The fourth-order valence-electron chi connectivity index (χ4n) is 2.17. The molecule has 0 radical (unpaired) electrons. The zero-order chi connectivity index (χ0) is 21.2. The van der Waals surface area contributed by atoms with E-state index >= 15 is 0 Å². The zero-order valence-electron chi connectivity index (χ0n) is 16.3. The molecule has 0 bridgehead atoms. The number of nitrogens with zero attached hydrogens (tertiary/aromatic N) is 4. The number of nitrogen functional groups attached to an aromatic ring is 1. The molecule has 0 spiro atoms. The molecule has 160 valence electrons. The third-order valence-corrected chi connectivity index (χ3v) is 3.32. The van der Waals surface area contributed by atoms with Crippen LogP contribution in [0.4, 0.5) is 15.5 Å². The molecule has 0 saturated carbocycles. The van der Waals surface area contributed by atoms with E-state index in [4.69, 9.17) is 29.4 Å². The molecule has 13 nitrogen and oxygen atoms in total.